The van der Waals surface area contributed by atoms with E-state index in [4.69, 9.17) is 9.47 Å². The van der Waals surface area contributed by atoms with Crippen LogP contribution >= 0.6 is 0 Å². The van der Waals surface area contributed by atoms with Gasteiger partial charge in [0.05, 0.1) is 12.2 Å². The van der Waals surface area contributed by atoms with Crippen molar-refractivity contribution >= 4 is 17.6 Å². The first-order chi connectivity index (χ1) is 14.2. The van der Waals surface area contributed by atoms with E-state index in [0.717, 1.165) is 11.1 Å². The average molecular weight is 389 g/mol. The van der Waals surface area contributed by atoms with Crippen LogP contribution in [0.2, 0.25) is 0 Å². The van der Waals surface area contributed by atoms with E-state index >= 15 is 0 Å². The molecule has 1 N–H and O–H groups in total. The largest absolute Gasteiger partial charge is 0.494 e. The van der Waals surface area contributed by atoms with E-state index in [-0.39, 0.29) is 12.5 Å². The van der Waals surface area contributed by atoms with Gasteiger partial charge in [-0.05, 0) is 54.8 Å². The number of carbonyl (C=O) groups is 2. The van der Waals surface area contributed by atoms with Crippen molar-refractivity contribution in [2.75, 3.05) is 18.5 Å². The van der Waals surface area contributed by atoms with Gasteiger partial charge in [-0.1, -0.05) is 48.5 Å². The van der Waals surface area contributed by atoms with Gasteiger partial charge in [-0.25, -0.2) is 4.79 Å². The van der Waals surface area contributed by atoms with Crippen molar-refractivity contribution in [1.29, 1.82) is 0 Å². The Hall–Kier alpha value is -3.60. The monoisotopic (exact) mass is 389 g/mol. The highest BCUT2D eigenvalue weighted by Crippen LogP contribution is 2.19. The van der Waals surface area contributed by atoms with Crippen molar-refractivity contribution in [3.8, 4) is 5.75 Å². The molecule has 0 aliphatic heterocycles. The molecule has 3 aromatic carbocycles. The van der Waals surface area contributed by atoms with Crippen molar-refractivity contribution in [3.63, 3.8) is 0 Å². The maximum atomic E-state index is 12.3. The third-order valence-electron chi connectivity index (χ3n) is 4.26. The lowest BCUT2D eigenvalue weighted by atomic mass is 10.0. The molecule has 0 aromatic heterocycles. The van der Waals surface area contributed by atoms with E-state index in [1.54, 1.807) is 24.3 Å². The number of nitrogens with one attached hydrogen (secondary N) is 1. The third-order valence-corrected chi connectivity index (χ3v) is 4.26. The maximum absolute atomic E-state index is 12.3. The highest BCUT2D eigenvalue weighted by Gasteiger charge is 2.12. The number of rotatable bonds is 8. The van der Waals surface area contributed by atoms with E-state index in [1.165, 1.54) is 0 Å². The number of amides is 1. The number of hydrogen-bond donors (Lipinski definition) is 1. The Bertz CT molecular complexity index is 952. The van der Waals surface area contributed by atoms with E-state index in [1.807, 2.05) is 61.5 Å². The Labute approximate surface area is 170 Å². The predicted octanol–water partition coefficient (Wildman–Crippen LogP) is 4.47. The molecule has 3 rings (SSSR count). The number of carbonyl (C=O) groups excluding carboxylic acids is 2. The lowest BCUT2D eigenvalue weighted by Crippen LogP contribution is -2.21. The summed E-state index contributed by atoms with van der Waals surface area (Å²) >= 11 is 0. The SMILES string of the molecule is CCOc1ccc(C(=O)OCC(=O)Nc2ccccc2Cc2ccccc2)cc1. The molecule has 0 radical (unpaired) electrons. The first-order valence-corrected chi connectivity index (χ1v) is 9.47. The fourth-order valence-electron chi connectivity index (χ4n) is 2.87. The number of esters is 1. The van der Waals surface area contributed by atoms with Crippen molar-refractivity contribution in [3.05, 3.63) is 95.6 Å². The van der Waals surface area contributed by atoms with E-state index < -0.39 is 5.97 Å². The fraction of sp³-hybridized carbons (Fsp3) is 0.167. The quantitative estimate of drug-likeness (QED) is 0.577. The van der Waals surface area contributed by atoms with Crippen LogP contribution in [-0.2, 0) is 16.0 Å². The van der Waals surface area contributed by atoms with Crippen LogP contribution in [0.15, 0.2) is 78.9 Å². The summed E-state index contributed by atoms with van der Waals surface area (Å²) in [6, 6.07) is 24.2. The Morgan fingerprint density at radius 3 is 2.28 bits per heavy atom. The number of para-hydroxylation sites is 1. The molecule has 5 nitrogen and oxygen atoms in total. The van der Waals surface area contributed by atoms with Gasteiger partial charge >= 0.3 is 5.97 Å². The minimum atomic E-state index is -0.555. The van der Waals surface area contributed by atoms with Crippen LogP contribution in [0.5, 0.6) is 5.75 Å². The predicted molar refractivity (Wildman–Crippen MR) is 112 cm³/mol. The number of ether oxygens (including phenoxy) is 2. The molecule has 0 unspecified atom stereocenters. The van der Waals surface area contributed by atoms with Crippen molar-refractivity contribution < 1.29 is 19.1 Å². The van der Waals surface area contributed by atoms with E-state index in [2.05, 4.69) is 5.32 Å². The minimum Gasteiger partial charge on any atom is -0.494 e. The second kappa shape index (κ2) is 10.1. The summed E-state index contributed by atoms with van der Waals surface area (Å²) in [6.45, 7) is 2.08. The van der Waals surface area contributed by atoms with Gasteiger partial charge in [0.25, 0.3) is 5.91 Å². The first-order valence-electron chi connectivity index (χ1n) is 9.47. The van der Waals surface area contributed by atoms with Crippen LogP contribution in [0.4, 0.5) is 5.69 Å². The number of anilines is 1. The summed E-state index contributed by atoms with van der Waals surface area (Å²) in [5.74, 6) is -0.262. The zero-order valence-electron chi connectivity index (χ0n) is 16.3. The van der Waals surface area contributed by atoms with Crippen LogP contribution in [0.1, 0.15) is 28.4 Å². The normalized spacial score (nSPS) is 10.2. The molecule has 0 saturated heterocycles. The zero-order chi connectivity index (χ0) is 20.5. The molecule has 29 heavy (non-hydrogen) atoms. The molecular formula is C24H23NO4. The lowest BCUT2D eigenvalue weighted by Gasteiger charge is -2.12. The lowest BCUT2D eigenvalue weighted by molar-refractivity contribution is -0.119. The van der Waals surface area contributed by atoms with Gasteiger partial charge in [-0.2, -0.15) is 0 Å². The molecule has 0 fully saturated rings. The highest BCUT2D eigenvalue weighted by atomic mass is 16.5. The average Bonchev–Trinajstić information content (AvgIpc) is 2.75. The van der Waals surface area contributed by atoms with Gasteiger partial charge in [0.15, 0.2) is 6.61 Å². The van der Waals surface area contributed by atoms with Crippen molar-refractivity contribution in [1.82, 2.24) is 0 Å². The molecule has 0 atom stereocenters. The van der Waals surface area contributed by atoms with Crippen LogP contribution in [0, 0.1) is 0 Å². The second-order valence-electron chi connectivity index (χ2n) is 6.40. The van der Waals surface area contributed by atoms with Gasteiger partial charge in [0, 0.05) is 5.69 Å². The molecule has 1 amide bonds. The van der Waals surface area contributed by atoms with Gasteiger partial charge in [-0.15, -0.1) is 0 Å². The standard InChI is InChI=1S/C24H23NO4/c1-2-28-21-14-12-19(13-15-21)24(27)29-17-23(26)25-22-11-7-6-10-20(22)16-18-8-4-3-5-9-18/h3-15H,2,16-17H2,1H3,(H,25,26). The van der Waals surface area contributed by atoms with Gasteiger partial charge in [0.2, 0.25) is 0 Å². The molecular weight excluding hydrogens is 366 g/mol. The summed E-state index contributed by atoms with van der Waals surface area (Å²) in [7, 11) is 0. The topological polar surface area (TPSA) is 64.6 Å². The summed E-state index contributed by atoms with van der Waals surface area (Å²) < 4.78 is 10.5. The second-order valence-corrected chi connectivity index (χ2v) is 6.40. The number of hydrogen-bond acceptors (Lipinski definition) is 4. The van der Waals surface area contributed by atoms with Crippen molar-refractivity contribution in [2.45, 2.75) is 13.3 Å². The Balaban J connectivity index is 1.56. The zero-order valence-corrected chi connectivity index (χ0v) is 16.3. The van der Waals surface area contributed by atoms with Gasteiger partial charge < -0.3 is 14.8 Å². The molecule has 0 aliphatic rings. The van der Waals surface area contributed by atoms with Crippen LogP contribution in [0.25, 0.3) is 0 Å². The smallest absolute Gasteiger partial charge is 0.338 e. The van der Waals surface area contributed by atoms with Crippen molar-refractivity contribution in [2.24, 2.45) is 0 Å². The molecule has 5 heteroatoms. The molecule has 0 heterocycles. The summed E-state index contributed by atoms with van der Waals surface area (Å²) in [4.78, 5) is 24.4. The van der Waals surface area contributed by atoms with Crippen LogP contribution < -0.4 is 10.1 Å². The molecule has 0 aliphatic carbocycles. The minimum absolute atomic E-state index is 0.355. The summed E-state index contributed by atoms with van der Waals surface area (Å²) in [6.07, 6.45) is 0.698. The first kappa shape index (κ1) is 20.1. The molecule has 3 aromatic rings. The Morgan fingerprint density at radius 1 is 0.862 bits per heavy atom. The molecule has 0 saturated carbocycles. The number of benzene rings is 3. The van der Waals surface area contributed by atoms with Crippen LogP contribution in [-0.4, -0.2) is 25.1 Å². The summed E-state index contributed by atoms with van der Waals surface area (Å²) in [5.41, 5.74) is 3.21. The maximum Gasteiger partial charge on any atom is 0.338 e. The summed E-state index contributed by atoms with van der Waals surface area (Å²) in [5, 5.41) is 2.83. The molecule has 0 spiro atoms. The van der Waals surface area contributed by atoms with Crippen LogP contribution in [0.3, 0.4) is 0 Å². The Kier molecular flexibility index (Phi) is 7.00. The third kappa shape index (κ3) is 5.94. The Morgan fingerprint density at radius 2 is 1.55 bits per heavy atom. The van der Waals surface area contributed by atoms with Gasteiger partial charge in [-0.3, -0.25) is 4.79 Å². The fourth-order valence-corrected chi connectivity index (χ4v) is 2.87. The van der Waals surface area contributed by atoms with Gasteiger partial charge in [0.1, 0.15) is 5.75 Å². The van der Waals surface area contributed by atoms with E-state index in [0.29, 0.717) is 30.0 Å². The highest BCUT2D eigenvalue weighted by molar-refractivity contribution is 5.96. The molecule has 148 valence electrons. The van der Waals surface area contributed by atoms with E-state index in [9.17, 15) is 9.59 Å². The molecule has 0 bridgehead atoms.